The fourth-order valence-corrected chi connectivity index (χ4v) is 3.15. The van der Waals surface area contributed by atoms with E-state index < -0.39 is 0 Å². The van der Waals surface area contributed by atoms with Crippen LogP contribution in [0.15, 0.2) is 24.3 Å². The van der Waals surface area contributed by atoms with Crippen molar-refractivity contribution < 1.29 is 4.79 Å². The first kappa shape index (κ1) is 11.9. The second kappa shape index (κ2) is 4.50. The molecule has 0 radical (unpaired) electrons. The smallest absolute Gasteiger partial charge is 0.242 e. The molecule has 0 unspecified atom stereocenters. The van der Waals surface area contributed by atoms with E-state index in [0.717, 1.165) is 18.7 Å². The zero-order chi connectivity index (χ0) is 12.6. The normalized spacial score (nSPS) is 23.1. The maximum Gasteiger partial charge on any atom is 0.242 e. The van der Waals surface area contributed by atoms with E-state index in [2.05, 4.69) is 23.0 Å². The predicted molar refractivity (Wildman–Crippen MR) is 76.0 cm³/mol. The molecule has 1 aromatic rings. The van der Waals surface area contributed by atoms with E-state index in [1.165, 1.54) is 18.4 Å². The third-order valence-corrected chi connectivity index (χ3v) is 5.33. The maximum atomic E-state index is 12.1. The van der Waals surface area contributed by atoms with Crippen LogP contribution in [0.25, 0.3) is 0 Å². The van der Waals surface area contributed by atoms with Crippen molar-refractivity contribution in [1.82, 2.24) is 5.32 Å². The summed E-state index contributed by atoms with van der Waals surface area (Å²) in [6.07, 6.45) is 5.39. The summed E-state index contributed by atoms with van der Waals surface area (Å²) in [4.78, 5) is 12.1. The summed E-state index contributed by atoms with van der Waals surface area (Å²) >= 11 is 1.87. The van der Waals surface area contributed by atoms with Gasteiger partial charge in [0.1, 0.15) is 6.04 Å². The molecular weight excluding hydrogens is 244 g/mol. The van der Waals surface area contributed by atoms with Crippen molar-refractivity contribution in [3.8, 4) is 0 Å². The third-order valence-electron chi connectivity index (χ3n) is 3.91. The largest absolute Gasteiger partial charge is 0.373 e. The molecule has 1 saturated carbocycles. The van der Waals surface area contributed by atoms with Gasteiger partial charge in [0.2, 0.25) is 5.91 Å². The molecule has 1 aromatic carbocycles. The number of carbonyl (C=O) groups is 1. The van der Waals surface area contributed by atoms with E-state index in [1.807, 2.05) is 30.0 Å². The molecule has 2 aliphatic rings. The van der Waals surface area contributed by atoms with Gasteiger partial charge in [-0.1, -0.05) is 18.2 Å². The number of para-hydroxylation sites is 1. The van der Waals surface area contributed by atoms with Crippen molar-refractivity contribution in [3.05, 3.63) is 29.8 Å². The zero-order valence-corrected chi connectivity index (χ0v) is 11.3. The molecule has 0 saturated heterocycles. The first-order valence-corrected chi connectivity index (χ1v) is 7.62. The summed E-state index contributed by atoms with van der Waals surface area (Å²) in [6, 6.07) is 8.04. The Labute approximate surface area is 112 Å². The molecule has 4 heteroatoms. The van der Waals surface area contributed by atoms with Crippen LogP contribution in [0, 0.1) is 0 Å². The Morgan fingerprint density at radius 1 is 1.50 bits per heavy atom. The Hall–Kier alpha value is -1.16. The molecule has 0 spiro atoms. The molecule has 0 bridgehead atoms. The number of nitrogens with one attached hydrogen (secondary N) is 2. The lowest BCUT2D eigenvalue weighted by Crippen LogP contribution is -2.41. The first-order chi connectivity index (χ1) is 8.72. The van der Waals surface area contributed by atoms with Crippen molar-refractivity contribution in [3.63, 3.8) is 0 Å². The van der Waals surface area contributed by atoms with Crippen LogP contribution in [0.1, 0.15) is 18.4 Å². The predicted octanol–water partition coefficient (Wildman–Crippen LogP) is 2.03. The Balaban J connectivity index is 1.56. The van der Waals surface area contributed by atoms with Crippen LogP contribution in [0.2, 0.25) is 0 Å². The molecule has 0 aromatic heterocycles. The monoisotopic (exact) mass is 262 g/mol. The van der Waals surface area contributed by atoms with Gasteiger partial charge in [-0.2, -0.15) is 11.8 Å². The van der Waals surface area contributed by atoms with Crippen LogP contribution in [0.3, 0.4) is 0 Å². The van der Waals surface area contributed by atoms with Gasteiger partial charge in [0.15, 0.2) is 0 Å². The van der Waals surface area contributed by atoms with Crippen LogP contribution in [-0.4, -0.2) is 29.5 Å². The lowest BCUT2D eigenvalue weighted by Gasteiger charge is -2.16. The summed E-state index contributed by atoms with van der Waals surface area (Å²) in [7, 11) is 0. The van der Waals surface area contributed by atoms with Crippen molar-refractivity contribution in [2.45, 2.75) is 30.1 Å². The van der Waals surface area contributed by atoms with Gasteiger partial charge in [0, 0.05) is 23.4 Å². The van der Waals surface area contributed by atoms with Gasteiger partial charge in [-0.15, -0.1) is 0 Å². The van der Waals surface area contributed by atoms with Crippen molar-refractivity contribution in [1.29, 1.82) is 0 Å². The first-order valence-electron chi connectivity index (χ1n) is 6.40. The minimum absolute atomic E-state index is 0.0972. The number of hydrogen-bond donors (Lipinski definition) is 2. The van der Waals surface area contributed by atoms with Crippen LogP contribution in [-0.2, 0) is 11.2 Å². The molecule has 1 aliphatic heterocycles. The molecule has 3 nitrogen and oxygen atoms in total. The number of hydrogen-bond acceptors (Lipinski definition) is 3. The quantitative estimate of drug-likeness (QED) is 0.872. The van der Waals surface area contributed by atoms with Crippen LogP contribution in [0.5, 0.6) is 0 Å². The summed E-state index contributed by atoms with van der Waals surface area (Å²) in [6.45, 7) is 0.807. The van der Waals surface area contributed by atoms with E-state index >= 15 is 0 Å². The van der Waals surface area contributed by atoms with Crippen LogP contribution < -0.4 is 10.6 Å². The molecule has 1 atom stereocenters. The number of benzene rings is 1. The molecular formula is C14H18N2OS. The molecule has 3 rings (SSSR count). The Morgan fingerprint density at radius 3 is 2.94 bits per heavy atom. The van der Waals surface area contributed by atoms with E-state index in [0.29, 0.717) is 4.75 Å². The number of thioether (sulfide) groups is 1. The standard InChI is InChI=1S/C14H18N2OS/c1-18-14(6-7-14)9-15-13(17)12-8-10-4-2-3-5-11(10)16-12/h2-5,12,16H,6-9H2,1H3,(H,15,17)/t12-/m0/s1. The average Bonchev–Trinajstić information content (AvgIpc) is 3.05. The molecule has 96 valence electrons. The Bertz CT molecular complexity index is 446. The van der Waals surface area contributed by atoms with E-state index in [-0.39, 0.29) is 11.9 Å². The number of fused-ring (bicyclic) bond motifs is 1. The van der Waals surface area contributed by atoms with Crippen molar-refractivity contribution in [2.24, 2.45) is 0 Å². The number of rotatable bonds is 4. The van der Waals surface area contributed by atoms with Crippen LogP contribution in [0.4, 0.5) is 5.69 Å². The molecule has 2 N–H and O–H groups in total. The number of anilines is 1. The Kier molecular flexibility index (Phi) is 2.98. The second-order valence-electron chi connectivity index (χ2n) is 5.16. The lowest BCUT2D eigenvalue weighted by atomic mass is 10.1. The second-order valence-corrected chi connectivity index (χ2v) is 6.44. The highest BCUT2D eigenvalue weighted by atomic mass is 32.2. The molecule has 1 amide bonds. The zero-order valence-electron chi connectivity index (χ0n) is 10.5. The van der Waals surface area contributed by atoms with Crippen LogP contribution >= 0.6 is 11.8 Å². The summed E-state index contributed by atoms with van der Waals surface area (Å²) < 4.78 is 0.334. The minimum Gasteiger partial charge on any atom is -0.373 e. The summed E-state index contributed by atoms with van der Waals surface area (Å²) in [5.74, 6) is 0.131. The van der Waals surface area contributed by atoms with Gasteiger partial charge in [0.25, 0.3) is 0 Å². The average molecular weight is 262 g/mol. The highest BCUT2D eigenvalue weighted by Crippen LogP contribution is 2.46. The number of carbonyl (C=O) groups excluding carboxylic acids is 1. The Morgan fingerprint density at radius 2 is 2.28 bits per heavy atom. The van der Waals surface area contributed by atoms with Crippen molar-refractivity contribution in [2.75, 3.05) is 18.1 Å². The molecule has 18 heavy (non-hydrogen) atoms. The fourth-order valence-electron chi connectivity index (χ4n) is 2.42. The van der Waals surface area contributed by atoms with E-state index in [1.54, 1.807) is 0 Å². The molecule has 1 aliphatic carbocycles. The summed E-state index contributed by atoms with van der Waals surface area (Å²) in [5, 5.41) is 6.38. The third kappa shape index (κ3) is 2.21. The highest BCUT2D eigenvalue weighted by Gasteiger charge is 2.42. The van der Waals surface area contributed by atoms with Gasteiger partial charge in [-0.25, -0.2) is 0 Å². The SMILES string of the molecule is CSC1(CNC(=O)[C@@H]2Cc3ccccc3N2)CC1. The van der Waals surface area contributed by atoms with Gasteiger partial charge in [-0.3, -0.25) is 4.79 Å². The van der Waals surface area contributed by atoms with E-state index in [9.17, 15) is 4.79 Å². The van der Waals surface area contributed by atoms with Crippen molar-refractivity contribution >= 4 is 23.4 Å². The topological polar surface area (TPSA) is 41.1 Å². The number of amides is 1. The maximum absolute atomic E-state index is 12.1. The van der Waals surface area contributed by atoms with Gasteiger partial charge in [0.05, 0.1) is 0 Å². The molecule has 1 heterocycles. The van der Waals surface area contributed by atoms with Gasteiger partial charge >= 0.3 is 0 Å². The summed E-state index contributed by atoms with van der Waals surface area (Å²) in [5.41, 5.74) is 2.34. The lowest BCUT2D eigenvalue weighted by molar-refractivity contribution is -0.121. The van der Waals surface area contributed by atoms with Gasteiger partial charge in [-0.05, 0) is 30.7 Å². The fraction of sp³-hybridized carbons (Fsp3) is 0.500. The minimum atomic E-state index is -0.0972. The highest BCUT2D eigenvalue weighted by molar-refractivity contribution is 8.00. The van der Waals surface area contributed by atoms with Gasteiger partial charge < -0.3 is 10.6 Å². The van der Waals surface area contributed by atoms with E-state index in [4.69, 9.17) is 0 Å². The molecule has 1 fully saturated rings.